The molecule has 0 fully saturated rings. The van der Waals surface area contributed by atoms with Crippen LogP contribution in [0.5, 0.6) is 5.75 Å². The molecule has 0 aliphatic rings. The minimum atomic E-state index is -0.692. The van der Waals surface area contributed by atoms with E-state index in [9.17, 15) is 9.59 Å². The first-order valence-electron chi connectivity index (χ1n) is 10.2. The molecule has 0 saturated heterocycles. The van der Waals surface area contributed by atoms with Gasteiger partial charge in [0.1, 0.15) is 11.8 Å². The maximum absolute atomic E-state index is 13.2. The second kappa shape index (κ2) is 12.2. The fourth-order valence-electron chi connectivity index (χ4n) is 2.97. The van der Waals surface area contributed by atoms with Crippen LogP contribution in [0.3, 0.4) is 0 Å². The molecule has 5 nitrogen and oxygen atoms in total. The van der Waals surface area contributed by atoms with E-state index in [2.05, 4.69) is 5.32 Å². The zero-order valence-corrected chi connectivity index (χ0v) is 20.1. The van der Waals surface area contributed by atoms with Crippen LogP contribution in [0.2, 0.25) is 15.1 Å². The molecule has 31 heavy (non-hydrogen) atoms. The van der Waals surface area contributed by atoms with E-state index in [1.54, 1.807) is 42.5 Å². The Bertz CT molecular complexity index is 870. The van der Waals surface area contributed by atoms with Gasteiger partial charge >= 0.3 is 0 Å². The molecule has 0 bridgehead atoms. The zero-order chi connectivity index (χ0) is 23.0. The lowest BCUT2D eigenvalue weighted by atomic mass is 10.1. The molecular formula is C23H27Cl3N2O3. The number of ether oxygens (including phenoxy) is 1. The molecule has 2 amide bonds. The normalized spacial score (nSPS) is 12.7. The Labute approximate surface area is 198 Å². The molecule has 2 atom stereocenters. The Morgan fingerprint density at radius 2 is 1.61 bits per heavy atom. The van der Waals surface area contributed by atoms with Gasteiger partial charge in [0.15, 0.2) is 6.61 Å². The van der Waals surface area contributed by atoms with Gasteiger partial charge in [0.05, 0.1) is 0 Å². The van der Waals surface area contributed by atoms with Gasteiger partial charge in [-0.1, -0.05) is 54.7 Å². The maximum Gasteiger partial charge on any atom is 0.261 e. The van der Waals surface area contributed by atoms with Crippen LogP contribution < -0.4 is 10.1 Å². The minimum Gasteiger partial charge on any atom is -0.484 e. The van der Waals surface area contributed by atoms with Crippen molar-refractivity contribution in [3.8, 4) is 5.75 Å². The van der Waals surface area contributed by atoms with E-state index < -0.39 is 6.04 Å². The summed E-state index contributed by atoms with van der Waals surface area (Å²) in [6.45, 7) is 5.61. The lowest BCUT2D eigenvalue weighted by Gasteiger charge is -2.31. The Hall–Kier alpha value is -1.95. The van der Waals surface area contributed by atoms with Gasteiger partial charge in [-0.25, -0.2) is 0 Å². The molecule has 2 rings (SSSR count). The molecule has 168 valence electrons. The molecular weight excluding hydrogens is 459 g/mol. The number of nitrogens with zero attached hydrogens (tertiary/aromatic N) is 1. The Morgan fingerprint density at radius 3 is 2.16 bits per heavy atom. The lowest BCUT2D eigenvalue weighted by Crippen LogP contribution is -2.51. The minimum absolute atomic E-state index is 0.00674. The van der Waals surface area contributed by atoms with E-state index in [1.807, 2.05) is 20.8 Å². The molecule has 0 saturated carbocycles. The molecule has 2 aromatic carbocycles. The van der Waals surface area contributed by atoms with E-state index in [4.69, 9.17) is 39.5 Å². The van der Waals surface area contributed by atoms with Crippen LogP contribution >= 0.6 is 34.8 Å². The number of rotatable bonds is 10. The number of carbonyl (C=O) groups excluding carboxylic acids is 2. The zero-order valence-electron chi connectivity index (χ0n) is 17.8. The van der Waals surface area contributed by atoms with Crippen molar-refractivity contribution >= 4 is 46.6 Å². The summed E-state index contributed by atoms with van der Waals surface area (Å²) in [6.07, 6.45) is 1.21. The second-order valence-corrected chi connectivity index (χ2v) is 8.46. The molecule has 0 spiro atoms. The molecule has 8 heteroatoms. The molecule has 1 N–H and O–H groups in total. The smallest absolute Gasteiger partial charge is 0.261 e. The van der Waals surface area contributed by atoms with Gasteiger partial charge in [-0.3, -0.25) is 9.59 Å². The van der Waals surface area contributed by atoms with Crippen LogP contribution in [-0.2, 0) is 16.1 Å². The summed E-state index contributed by atoms with van der Waals surface area (Å²) in [4.78, 5) is 27.6. The van der Waals surface area contributed by atoms with Crippen LogP contribution in [0.1, 0.15) is 39.2 Å². The van der Waals surface area contributed by atoms with Crippen molar-refractivity contribution in [1.29, 1.82) is 0 Å². The second-order valence-electron chi connectivity index (χ2n) is 7.21. The van der Waals surface area contributed by atoms with Gasteiger partial charge < -0.3 is 15.0 Å². The summed E-state index contributed by atoms with van der Waals surface area (Å²) in [5.41, 5.74) is 0.584. The van der Waals surface area contributed by atoms with Crippen LogP contribution in [-0.4, -0.2) is 35.4 Å². The maximum atomic E-state index is 13.2. The van der Waals surface area contributed by atoms with Gasteiger partial charge in [0, 0.05) is 33.2 Å². The quantitative estimate of drug-likeness (QED) is 0.466. The summed E-state index contributed by atoms with van der Waals surface area (Å²) >= 11 is 18.6. The fraction of sp³-hybridized carbons (Fsp3) is 0.391. The molecule has 0 radical (unpaired) electrons. The summed E-state index contributed by atoms with van der Waals surface area (Å²) < 4.78 is 5.63. The SMILES string of the molecule is CC[C@H](C(=O)N[C@@H](C)CC)N(Cc1c(Cl)cccc1Cl)C(=O)COc1ccc(Cl)cc1. The Balaban J connectivity index is 2.27. The first-order chi connectivity index (χ1) is 14.8. The third kappa shape index (κ3) is 7.30. The third-order valence-electron chi connectivity index (χ3n) is 4.95. The molecule has 2 aromatic rings. The van der Waals surface area contributed by atoms with E-state index in [0.29, 0.717) is 32.8 Å². The average Bonchev–Trinajstić information content (AvgIpc) is 2.74. The van der Waals surface area contributed by atoms with Crippen LogP contribution in [0, 0.1) is 0 Å². The van der Waals surface area contributed by atoms with E-state index in [1.165, 1.54) is 4.90 Å². The topological polar surface area (TPSA) is 58.6 Å². The fourth-order valence-corrected chi connectivity index (χ4v) is 3.62. The molecule has 0 aromatic heterocycles. The van der Waals surface area contributed by atoms with Gasteiger partial charge in [-0.2, -0.15) is 0 Å². The average molecular weight is 486 g/mol. The van der Waals surface area contributed by atoms with E-state index >= 15 is 0 Å². The Morgan fingerprint density at radius 1 is 1.00 bits per heavy atom. The summed E-state index contributed by atoms with van der Waals surface area (Å²) in [5.74, 6) is -0.0671. The number of amides is 2. The van der Waals surface area contributed by atoms with Crippen molar-refractivity contribution in [2.45, 2.75) is 52.2 Å². The predicted molar refractivity (Wildman–Crippen MR) is 126 cm³/mol. The van der Waals surface area contributed by atoms with Gasteiger partial charge in [0.25, 0.3) is 5.91 Å². The number of benzene rings is 2. The number of hydrogen-bond acceptors (Lipinski definition) is 3. The monoisotopic (exact) mass is 484 g/mol. The number of hydrogen-bond donors (Lipinski definition) is 1. The van der Waals surface area contributed by atoms with Crippen molar-refractivity contribution in [3.05, 3.63) is 63.1 Å². The Kier molecular flexibility index (Phi) is 9.94. The molecule has 0 heterocycles. The molecule has 0 aliphatic carbocycles. The lowest BCUT2D eigenvalue weighted by molar-refractivity contribution is -0.143. The van der Waals surface area contributed by atoms with E-state index in [-0.39, 0.29) is 31.0 Å². The number of carbonyl (C=O) groups is 2. The standard InChI is InChI=1S/C23H27Cl3N2O3/c1-4-15(3)27-23(30)21(5-2)28(13-18-19(25)7-6-8-20(18)26)22(29)14-31-17-11-9-16(24)10-12-17/h6-12,15,21H,4-5,13-14H2,1-3H3,(H,27,30)/t15-,21+/m0/s1. The highest BCUT2D eigenvalue weighted by molar-refractivity contribution is 6.36. The molecule has 0 unspecified atom stereocenters. The number of nitrogens with one attached hydrogen (secondary N) is 1. The van der Waals surface area contributed by atoms with E-state index in [0.717, 1.165) is 6.42 Å². The third-order valence-corrected chi connectivity index (χ3v) is 5.91. The van der Waals surface area contributed by atoms with Gasteiger partial charge in [-0.05, 0) is 56.2 Å². The summed E-state index contributed by atoms with van der Waals surface area (Å²) in [7, 11) is 0. The summed E-state index contributed by atoms with van der Waals surface area (Å²) in [5, 5.41) is 4.39. The van der Waals surface area contributed by atoms with Gasteiger partial charge in [-0.15, -0.1) is 0 Å². The van der Waals surface area contributed by atoms with Crippen molar-refractivity contribution in [2.24, 2.45) is 0 Å². The predicted octanol–water partition coefficient (Wildman–Crippen LogP) is 5.75. The number of halogens is 3. The van der Waals surface area contributed by atoms with Crippen molar-refractivity contribution in [1.82, 2.24) is 10.2 Å². The highest BCUT2D eigenvalue weighted by Crippen LogP contribution is 2.27. The van der Waals surface area contributed by atoms with Crippen LogP contribution in [0.15, 0.2) is 42.5 Å². The van der Waals surface area contributed by atoms with Crippen LogP contribution in [0.4, 0.5) is 0 Å². The largest absolute Gasteiger partial charge is 0.484 e. The highest BCUT2D eigenvalue weighted by atomic mass is 35.5. The first kappa shape index (κ1) is 25.3. The molecule has 0 aliphatic heterocycles. The van der Waals surface area contributed by atoms with Crippen molar-refractivity contribution < 1.29 is 14.3 Å². The highest BCUT2D eigenvalue weighted by Gasteiger charge is 2.30. The van der Waals surface area contributed by atoms with Crippen molar-refractivity contribution in [3.63, 3.8) is 0 Å². The van der Waals surface area contributed by atoms with Crippen LogP contribution in [0.25, 0.3) is 0 Å². The first-order valence-corrected chi connectivity index (χ1v) is 11.3. The van der Waals surface area contributed by atoms with Crippen molar-refractivity contribution in [2.75, 3.05) is 6.61 Å². The summed E-state index contributed by atoms with van der Waals surface area (Å²) in [6, 6.07) is 11.2. The van der Waals surface area contributed by atoms with Gasteiger partial charge in [0.2, 0.25) is 5.91 Å².